The number of rotatable bonds is 7. The molecule has 0 saturated carbocycles. The smallest absolute Gasteiger partial charge is 0.175 e. The van der Waals surface area contributed by atoms with Crippen LogP contribution in [0.5, 0.6) is 11.5 Å². The summed E-state index contributed by atoms with van der Waals surface area (Å²) in [6.07, 6.45) is 0.796. The van der Waals surface area contributed by atoms with E-state index in [1.54, 1.807) is 12.1 Å². The van der Waals surface area contributed by atoms with Gasteiger partial charge in [-0.1, -0.05) is 0 Å². The van der Waals surface area contributed by atoms with Crippen LogP contribution in [0.4, 0.5) is 0 Å². The first-order valence-electron chi connectivity index (χ1n) is 7.09. The lowest BCUT2D eigenvalue weighted by Gasteiger charge is -2.26. The fraction of sp³-hybridized carbons (Fsp3) is 0.533. The van der Waals surface area contributed by atoms with Crippen molar-refractivity contribution in [1.82, 2.24) is 4.90 Å². The molecule has 0 aromatic heterocycles. The number of ether oxygens (including phenoxy) is 3. The van der Waals surface area contributed by atoms with E-state index in [-0.39, 0.29) is 0 Å². The highest BCUT2D eigenvalue weighted by Gasteiger charge is 2.14. The molecule has 6 heteroatoms. The minimum Gasteiger partial charge on any atom is -0.490 e. The van der Waals surface area contributed by atoms with Crippen molar-refractivity contribution < 1.29 is 19.0 Å². The zero-order chi connectivity index (χ0) is 15.1. The van der Waals surface area contributed by atoms with Crippen LogP contribution in [-0.4, -0.2) is 57.2 Å². The molecule has 0 bridgehead atoms. The van der Waals surface area contributed by atoms with E-state index < -0.39 is 0 Å². The van der Waals surface area contributed by atoms with Crippen molar-refractivity contribution in [3.63, 3.8) is 0 Å². The normalized spacial score (nSPS) is 15.7. The summed E-state index contributed by atoms with van der Waals surface area (Å²) in [6.45, 7) is 7.27. The lowest BCUT2D eigenvalue weighted by atomic mass is 10.2. The minimum absolute atomic E-state index is 0.522. The van der Waals surface area contributed by atoms with Crippen molar-refractivity contribution in [2.75, 3.05) is 46.1 Å². The molecule has 0 aliphatic carbocycles. The maximum atomic E-state index is 10.9. The third-order valence-electron chi connectivity index (χ3n) is 3.23. The van der Waals surface area contributed by atoms with Gasteiger partial charge in [0.25, 0.3) is 0 Å². The van der Waals surface area contributed by atoms with Gasteiger partial charge < -0.3 is 14.2 Å². The summed E-state index contributed by atoms with van der Waals surface area (Å²) < 4.78 is 17.5. The fourth-order valence-corrected chi connectivity index (χ4v) is 2.73. The van der Waals surface area contributed by atoms with Crippen LogP contribution in [0, 0.1) is 0 Å². The second-order valence-corrected chi connectivity index (χ2v) is 5.54. The van der Waals surface area contributed by atoms with Gasteiger partial charge in [-0.25, -0.2) is 0 Å². The molecule has 0 unspecified atom stereocenters. The average molecular weight is 358 g/mol. The van der Waals surface area contributed by atoms with Gasteiger partial charge in [0.2, 0.25) is 0 Å². The molecule has 1 fully saturated rings. The zero-order valence-corrected chi connectivity index (χ0v) is 13.7. The SMILES string of the molecule is CCOc1cc(C=O)cc(Br)c1OCCN1CCOCC1. The van der Waals surface area contributed by atoms with Crippen molar-refractivity contribution in [3.8, 4) is 11.5 Å². The summed E-state index contributed by atoms with van der Waals surface area (Å²) in [4.78, 5) is 13.2. The molecule has 116 valence electrons. The van der Waals surface area contributed by atoms with Gasteiger partial charge >= 0.3 is 0 Å². The zero-order valence-electron chi connectivity index (χ0n) is 12.1. The number of halogens is 1. The number of aldehydes is 1. The first kappa shape index (κ1) is 16.3. The molecule has 0 spiro atoms. The minimum atomic E-state index is 0.522. The molecule has 1 aromatic carbocycles. The van der Waals surface area contributed by atoms with Gasteiger partial charge in [0.15, 0.2) is 11.5 Å². The maximum absolute atomic E-state index is 10.9. The van der Waals surface area contributed by atoms with Crippen LogP contribution in [0.2, 0.25) is 0 Å². The second kappa shape index (κ2) is 8.36. The topological polar surface area (TPSA) is 48.0 Å². The summed E-state index contributed by atoms with van der Waals surface area (Å²) in [5.41, 5.74) is 0.561. The third kappa shape index (κ3) is 4.69. The summed E-state index contributed by atoms with van der Waals surface area (Å²) in [5.74, 6) is 1.24. The van der Waals surface area contributed by atoms with Gasteiger partial charge in [0.05, 0.1) is 24.3 Å². The van der Waals surface area contributed by atoms with Crippen LogP contribution < -0.4 is 9.47 Å². The highest BCUT2D eigenvalue weighted by atomic mass is 79.9. The number of hydrogen-bond acceptors (Lipinski definition) is 5. The third-order valence-corrected chi connectivity index (χ3v) is 3.81. The van der Waals surface area contributed by atoms with Gasteiger partial charge in [0.1, 0.15) is 12.9 Å². The molecular formula is C15H20BrNO4. The van der Waals surface area contributed by atoms with Crippen molar-refractivity contribution in [3.05, 3.63) is 22.2 Å². The molecule has 2 rings (SSSR count). The highest BCUT2D eigenvalue weighted by molar-refractivity contribution is 9.10. The number of nitrogens with zero attached hydrogens (tertiary/aromatic N) is 1. The van der Waals surface area contributed by atoms with Gasteiger partial charge in [-0.3, -0.25) is 9.69 Å². The Kier molecular flexibility index (Phi) is 6.48. The predicted octanol–water partition coefficient (Wildman–Crippen LogP) is 2.37. The van der Waals surface area contributed by atoms with E-state index in [0.717, 1.165) is 43.6 Å². The number of carbonyl (C=O) groups is 1. The molecule has 1 aliphatic rings. The molecule has 5 nitrogen and oxygen atoms in total. The molecule has 0 amide bonds. The van der Waals surface area contributed by atoms with Gasteiger partial charge in [0, 0.05) is 25.2 Å². The molecule has 1 saturated heterocycles. The Hall–Kier alpha value is -1.11. The largest absolute Gasteiger partial charge is 0.490 e. The molecule has 0 atom stereocenters. The van der Waals surface area contributed by atoms with E-state index in [1.165, 1.54) is 0 Å². The van der Waals surface area contributed by atoms with E-state index in [2.05, 4.69) is 20.8 Å². The first-order chi connectivity index (χ1) is 10.2. The maximum Gasteiger partial charge on any atom is 0.175 e. The van der Waals surface area contributed by atoms with Crippen molar-refractivity contribution >= 4 is 22.2 Å². The Morgan fingerprint density at radius 3 is 2.76 bits per heavy atom. The highest BCUT2D eigenvalue weighted by Crippen LogP contribution is 2.36. The lowest BCUT2D eigenvalue weighted by molar-refractivity contribution is 0.0320. The van der Waals surface area contributed by atoms with E-state index in [9.17, 15) is 4.79 Å². The summed E-state index contributed by atoms with van der Waals surface area (Å²) in [5, 5.41) is 0. The van der Waals surface area contributed by atoms with E-state index >= 15 is 0 Å². The van der Waals surface area contributed by atoms with Crippen LogP contribution in [0.15, 0.2) is 16.6 Å². The number of carbonyl (C=O) groups excluding carboxylic acids is 1. The van der Waals surface area contributed by atoms with E-state index in [0.29, 0.717) is 30.3 Å². The molecular weight excluding hydrogens is 338 g/mol. The number of benzene rings is 1. The quantitative estimate of drug-likeness (QED) is 0.701. The first-order valence-corrected chi connectivity index (χ1v) is 7.88. The van der Waals surface area contributed by atoms with Gasteiger partial charge in [-0.15, -0.1) is 0 Å². The van der Waals surface area contributed by atoms with Crippen molar-refractivity contribution in [2.45, 2.75) is 6.92 Å². The molecule has 1 aliphatic heterocycles. The van der Waals surface area contributed by atoms with Crippen LogP contribution >= 0.6 is 15.9 Å². The monoisotopic (exact) mass is 357 g/mol. The van der Waals surface area contributed by atoms with Crippen LogP contribution in [0.3, 0.4) is 0 Å². The molecule has 21 heavy (non-hydrogen) atoms. The number of hydrogen-bond donors (Lipinski definition) is 0. The molecule has 0 radical (unpaired) electrons. The Labute approximate surface area is 133 Å². The Bertz CT molecular complexity index is 475. The van der Waals surface area contributed by atoms with E-state index in [4.69, 9.17) is 14.2 Å². The van der Waals surface area contributed by atoms with Crippen LogP contribution in [0.25, 0.3) is 0 Å². The van der Waals surface area contributed by atoms with Crippen LogP contribution in [-0.2, 0) is 4.74 Å². The lowest BCUT2D eigenvalue weighted by Crippen LogP contribution is -2.38. The standard InChI is InChI=1S/C15H20BrNO4/c1-2-20-14-10-12(11-18)9-13(16)15(14)21-8-5-17-3-6-19-7-4-17/h9-11H,2-8H2,1H3. The average Bonchev–Trinajstić information content (AvgIpc) is 2.51. The Morgan fingerprint density at radius 1 is 1.33 bits per heavy atom. The van der Waals surface area contributed by atoms with Crippen molar-refractivity contribution in [1.29, 1.82) is 0 Å². The second-order valence-electron chi connectivity index (χ2n) is 4.68. The van der Waals surface area contributed by atoms with Gasteiger partial charge in [-0.05, 0) is 35.0 Å². The predicted molar refractivity (Wildman–Crippen MR) is 83.5 cm³/mol. The molecule has 0 N–H and O–H groups in total. The molecule has 1 heterocycles. The molecule has 1 aromatic rings. The number of morpholine rings is 1. The summed E-state index contributed by atoms with van der Waals surface area (Å²) >= 11 is 3.44. The van der Waals surface area contributed by atoms with Gasteiger partial charge in [-0.2, -0.15) is 0 Å². The summed E-state index contributed by atoms with van der Waals surface area (Å²) in [7, 11) is 0. The Morgan fingerprint density at radius 2 is 2.10 bits per heavy atom. The van der Waals surface area contributed by atoms with Crippen molar-refractivity contribution in [2.24, 2.45) is 0 Å². The Balaban J connectivity index is 1.98. The van der Waals surface area contributed by atoms with Crippen LogP contribution in [0.1, 0.15) is 17.3 Å². The van der Waals surface area contributed by atoms with E-state index in [1.807, 2.05) is 6.92 Å². The fourth-order valence-electron chi connectivity index (χ4n) is 2.16. The summed E-state index contributed by atoms with van der Waals surface area (Å²) in [6, 6.07) is 3.44.